The van der Waals surface area contributed by atoms with Gasteiger partial charge in [0.1, 0.15) is 0 Å². The molecule has 12 heavy (non-hydrogen) atoms. The lowest BCUT2D eigenvalue weighted by Gasteiger charge is -2.25. The zero-order valence-corrected chi connectivity index (χ0v) is 11.4. The highest BCUT2D eigenvalue weighted by Gasteiger charge is 2.27. The van der Waals surface area contributed by atoms with Crippen molar-refractivity contribution in [2.75, 3.05) is 14.1 Å². The zero-order chi connectivity index (χ0) is 9.89. The Kier molecular flexibility index (Phi) is 4.78. The van der Waals surface area contributed by atoms with E-state index in [1.165, 1.54) is 0 Å². The third-order valence-corrected chi connectivity index (χ3v) is 10.2. The zero-order valence-electron chi connectivity index (χ0n) is 9.09. The van der Waals surface area contributed by atoms with Gasteiger partial charge in [-0.05, 0) is 0 Å². The fraction of sp³-hybridized carbons (Fsp3) is 0.875. The molecular formula is C8H21NOSi2. The van der Waals surface area contributed by atoms with Crippen LogP contribution in [0.1, 0.15) is 0 Å². The Hall–Kier alpha value is -0.0962. The number of amides is 1. The summed E-state index contributed by atoms with van der Waals surface area (Å²) in [5, 5.41) is 0.444. The minimum absolute atomic E-state index is 0.373. The Morgan fingerprint density at radius 3 is 1.50 bits per heavy atom. The van der Waals surface area contributed by atoms with E-state index < -0.39 is 17.6 Å². The van der Waals surface area contributed by atoms with Crippen molar-refractivity contribution in [1.29, 1.82) is 0 Å². The highest BCUT2D eigenvalue weighted by atomic mass is 28.3. The van der Waals surface area contributed by atoms with Gasteiger partial charge in [-0.3, -0.25) is 4.79 Å². The first-order valence-corrected chi connectivity index (χ1v) is 10.5. The summed E-state index contributed by atoms with van der Waals surface area (Å²) in [6, 6.07) is 0. The van der Waals surface area contributed by atoms with Crippen molar-refractivity contribution >= 4 is 23.5 Å². The van der Waals surface area contributed by atoms with E-state index in [4.69, 9.17) is 0 Å². The maximum atomic E-state index is 11.7. The van der Waals surface area contributed by atoms with Crippen LogP contribution in [0, 0.1) is 0 Å². The number of hydrogen-bond acceptors (Lipinski definition) is 1. The number of rotatable bonds is 3. The summed E-state index contributed by atoms with van der Waals surface area (Å²) in [7, 11) is 2.15. The van der Waals surface area contributed by atoms with Gasteiger partial charge in [-0.2, -0.15) is 0 Å². The second kappa shape index (κ2) is 4.81. The van der Waals surface area contributed by atoms with Crippen LogP contribution in [0.15, 0.2) is 0 Å². The summed E-state index contributed by atoms with van der Waals surface area (Å²) in [5.74, 6) is 0.373. The van der Waals surface area contributed by atoms with Crippen molar-refractivity contribution in [3.63, 3.8) is 0 Å². The van der Waals surface area contributed by atoms with Gasteiger partial charge in [-0.25, -0.2) is 0 Å². The summed E-state index contributed by atoms with van der Waals surface area (Å²) < 4.78 is 0. The van der Waals surface area contributed by atoms with Crippen molar-refractivity contribution in [1.82, 2.24) is 4.90 Å². The van der Waals surface area contributed by atoms with Crippen LogP contribution in [0.25, 0.3) is 0 Å². The highest BCUT2D eigenvalue weighted by molar-refractivity contribution is 6.82. The summed E-state index contributed by atoms with van der Waals surface area (Å²) in [6.07, 6.45) is 0. The van der Waals surface area contributed by atoms with Crippen LogP contribution in [0.2, 0.25) is 31.4 Å². The van der Waals surface area contributed by atoms with E-state index in [9.17, 15) is 4.79 Å². The minimum atomic E-state index is -0.787. The average molecular weight is 203 g/mol. The molecule has 0 aromatic rings. The molecule has 0 spiro atoms. The molecule has 0 saturated heterocycles. The number of nitrogens with zero attached hydrogens (tertiary/aromatic N) is 1. The Labute approximate surface area is 79.2 Å². The van der Waals surface area contributed by atoms with E-state index in [1.807, 2.05) is 14.1 Å². The summed E-state index contributed by atoms with van der Waals surface area (Å²) in [4.78, 5) is 13.5. The van der Waals surface area contributed by atoms with E-state index in [0.29, 0.717) is 11.1 Å². The Bertz CT molecular complexity index is 149. The summed E-state index contributed by atoms with van der Waals surface area (Å²) in [6.45, 7) is 9.11. The average Bonchev–Trinajstić information content (AvgIpc) is 1.85. The first-order valence-electron chi connectivity index (χ1n) is 4.59. The Morgan fingerprint density at radius 1 is 1.08 bits per heavy atom. The molecule has 0 saturated carbocycles. The molecule has 0 radical (unpaired) electrons. The van der Waals surface area contributed by atoms with Gasteiger partial charge in [0.05, 0.1) is 0 Å². The van der Waals surface area contributed by atoms with Crippen LogP contribution < -0.4 is 0 Å². The lowest BCUT2D eigenvalue weighted by atomic mass is 10.6. The predicted molar refractivity (Wildman–Crippen MR) is 60.2 cm³/mol. The van der Waals surface area contributed by atoms with Crippen LogP contribution in [0.5, 0.6) is 0 Å². The molecule has 0 aliphatic carbocycles. The molecule has 4 heteroatoms. The van der Waals surface area contributed by atoms with Gasteiger partial charge in [-0.15, -0.1) is 0 Å². The Balaban J connectivity index is 4.41. The van der Waals surface area contributed by atoms with E-state index in [1.54, 1.807) is 4.90 Å². The van der Waals surface area contributed by atoms with E-state index in [0.717, 1.165) is 0 Å². The maximum Gasteiger partial charge on any atom is 0.219 e. The highest BCUT2D eigenvalue weighted by Crippen LogP contribution is 2.17. The first kappa shape index (κ1) is 11.9. The SMILES string of the molecule is CN(C)C(=O)C([SiH](C)C)[SiH](C)C. The maximum absolute atomic E-state index is 11.7. The molecule has 0 N–H and O–H groups in total. The van der Waals surface area contributed by atoms with Crippen LogP contribution in [-0.2, 0) is 4.79 Å². The van der Waals surface area contributed by atoms with Gasteiger partial charge in [0.15, 0.2) is 0 Å². The first-order chi connectivity index (χ1) is 5.37. The topological polar surface area (TPSA) is 20.3 Å². The third-order valence-electron chi connectivity index (χ3n) is 2.16. The smallest absolute Gasteiger partial charge is 0.219 e. The van der Waals surface area contributed by atoms with Gasteiger partial charge in [0.25, 0.3) is 0 Å². The molecule has 0 aliphatic heterocycles. The molecule has 0 atom stereocenters. The van der Waals surface area contributed by atoms with Crippen molar-refractivity contribution in [2.45, 2.75) is 31.4 Å². The van der Waals surface area contributed by atoms with E-state index in [2.05, 4.69) is 26.2 Å². The molecule has 2 nitrogen and oxygen atoms in total. The monoisotopic (exact) mass is 203 g/mol. The molecule has 0 aromatic carbocycles. The summed E-state index contributed by atoms with van der Waals surface area (Å²) >= 11 is 0. The second-order valence-corrected chi connectivity index (χ2v) is 11.4. The molecule has 0 unspecified atom stereocenters. The fourth-order valence-corrected chi connectivity index (χ4v) is 9.53. The van der Waals surface area contributed by atoms with Gasteiger partial charge in [-0.1, -0.05) is 26.2 Å². The lowest BCUT2D eigenvalue weighted by Crippen LogP contribution is -2.39. The lowest BCUT2D eigenvalue weighted by molar-refractivity contribution is -0.127. The van der Waals surface area contributed by atoms with Crippen LogP contribution in [0.4, 0.5) is 0 Å². The molecule has 0 aromatic heterocycles. The molecular weight excluding hydrogens is 182 g/mol. The number of carbonyl (C=O) groups excluding carboxylic acids is 1. The van der Waals surface area contributed by atoms with Crippen molar-refractivity contribution < 1.29 is 4.79 Å². The van der Waals surface area contributed by atoms with Gasteiger partial charge in [0.2, 0.25) is 5.91 Å². The normalized spacial score (nSPS) is 11.4. The molecule has 0 fully saturated rings. The van der Waals surface area contributed by atoms with Crippen molar-refractivity contribution in [3.05, 3.63) is 0 Å². The van der Waals surface area contributed by atoms with Gasteiger partial charge < -0.3 is 4.90 Å². The van der Waals surface area contributed by atoms with E-state index >= 15 is 0 Å². The Morgan fingerprint density at radius 2 is 1.42 bits per heavy atom. The number of hydrogen-bond donors (Lipinski definition) is 0. The van der Waals surface area contributed by atoms with Gasteiger partial charge >= 0.3 is 0 Å². The fourth-order valence-electron chi connectivity index (χ4n) is 1.64. The molecule has 1 amide bonds. The molecule has 0 rings (SSSR count). The van der Waals surface area contributed by atoms with Crippen LogP contribution in [0.3, 0.4) is 0 Å². The molecule has 0 bridgehead atoms. The largest absolute Gasteiger partial charge is 0.349 e. The predicted octanol–water partition coefficient (Wildman–Crippen LogP) is 0.957. The third kappa shape index (κ3) is 3.10. The molecule has 72 valence electrons. The quantitative estimate of drug-likeness (QED) is 0.626. The van der Waals surface area contributed by atoms with Gasteiger partial charge in [0, 0.05) is 36.9 Å². The van der Waals surface area contributed by atoms with Crippen LogP contribution in [-0.4, -0.2) is 42.5 Å². The van der Waals surface area contributed by atoms with E-state index in [-0.39, 0.29) is 0 Å². The van der Waals surface area contributed by atoms with Crippen LogP contribution >= 0.6 is 0 Å². The molecule has 0 aliphatic rings. The molecule has 0 heterocycles. The summed E-state index contributed by atoms with van der Waals surface area (Å²) in [5.41, 5.74) is 0. The van der Waals surface area contributed by atoms with Crippen molar-refractivity contribution in [2.24, 2.45) is 0 Å². The minimum Gasteiger partial charge on any atom is -0.349 e. The van der Waals surface area contributed by atoms with Crippen molar-refractivity contribution in [3.8, 4) is 0 Å². The second-order valence-electron chi connectivity index (χ2n) is 4.25. The standard InChI is InChI=1S/C8H21NOSi2/c1-9(2)7(10)8(11(3)4)12(5)6/h8,11-12H,1-6H3. The number of carbonyl (C=O) groups is 1.